The molecule has 0 radical (unpaired) electrons. The van der Waals surface area contributed by atoms with Crippen LogP contribution in [0.1, 0.15) is 39.5 Å². The molecule has 2 aliphatic rings. The van der Waals surface area contributed by atoms with Crippen LogP contribution in [0.5, 0.6) is 0 Å². The van der Waals surface area contributed by atoms with E-state index in [9.17, 15) is 0 Å². The Morgan fingerprint density at radius 2 is 1.86 bits per heavy atom. The van der Waals surface area contributed by atoms with Gasteiger partial charge in [-0.3, -0.25) is 4.98 Å². The number of aromatic nitrogens is 1. The van der Waals surface area contributed by atoms with Crippen molar-refractivity contribution in [2.45, 2.75) is 45.0 Å². The first-order chi connectivity index (χ1) is 9.91. The van der Waals surface area contributed by atoms with Gasteiger partial charge in [-0.2, -0.15) is 0 Å². The summed E-state index contributed by atoms with van der Waals surface area (Å²) in [6.45, 7) is 9.92. The average Bonchev–Trinajstić information content (AvgIpc) is 2.68. The number of ether oxygens (including phenoxy) is 2. The van der Waals surface area contributed by atoms with Crippen LogP contribution in [0.3, 0.4) is 0 Å². The minimum absolute atomic E-state index is 0.158. The highest BCUT2D eigenvalue weighted by molar-refractivity contribution is 6.62. The van der Waals surface area contributed by atoms with Crippen molar-refractivity contribution in [3.05, 3.63) is 24.0 Å². The summed E-state index contributed by atoms with van der Waals surface area (Å²) < 4.78 is 23.5. The molecule has 0 spiro atoms. The van der Waals surface area contributed by atoms with Crippen LogP contribution in [0.2, 0.25) is 0 Å². The first-order valence-electron chi connectivity index (χ1n) is 7.40. The maximum absolute atomic E-state index is 6.12. The standard InChI is InChI=1S/C15H22BNO4/c1-14(2)15(3,4)21-16(20-14)11-6-5-7-17-13(11)12-10-18-8-9-19-12/h5-7,12H,8-10H2,1-4H3. The molecule has 0 bridgehead atoms. The Hall–Kier alpha value is -0.945. The molecule has 0 saturated carbocycles. The number of rotatable bonds is 2. The molecule has 3 heterocycles. The molecule has 2 fully saturated rings. The van der Waals surface area contributed by atoms with E-state index in [1.54, 1.807) is 6.20 Å². The Kier molecular flexibility index (Phi) is 3.82. The first-order valence-corrected chi connectivity index (χ1v) is 7.40. The fourth-order valence-corrected chi connectivity index (χ4v) is 2.51. The lowest BCUT2D eigenvalue weighted by Crippen LogP contribution is -2.41. The second kappa shape index (κ2) is 5.36. The lowest BCUT2D eigenvalue weighted by Gasteiger charge is -2.32. The lowest BCUT2D eigenvalue weighted by molar-refractivity contribution is -0.0914. The van der Waals surface area contributed by atoms with Crippen molar-refractivity contribution >= 4 is 12.6 Å². The van der Waals surface area contributed by atoms with Crippen LogP contribution in [0, 0.1) is 0 Å². The van der Waals surface area contributed by atoms with Crippen LogP contribution in [-0.4, -0.2) is 43.1 Å². The zero-order chi connectivity index (χ0) is 15.1. The Labute approximate surface area is 126 Å². The summed E-state index contributed by atoms with van der Waals surface area (Å²) in [5.74, 6) is 0. The van der Waals surface area contributed by atoms with Gasteiger partial charge in [0.1, 0.15) is 6.10 Å². The summed E-state index contributed by atoms with van der Waals surface area (Å²) >= 11 is 0. The summed E-state index contributed by atoms with van der Waals surface area (Å²) in [5, 5.41) is 0. The minimum atomic E-state index is -0.427. The van der Waals surface area contributed by atoms with Gasteiger partial charge in [0, 0.05) is 11.7 Å². The number of nitrogens with zero attached hydrogens (tertiary/aromatic N) is 1. The smallest absolute Gasteiger partial charge is 0.399 e. The lowest BCUT2D eigenvalue weighted by atomic mass is 9.77. The van der Waals surface area contributed by atoms with Crippen molar-refractivity contribution in [2.75, 3.05) is 19.8 Å². The van der Waals surface area contributed by atoms with Crippen molar-refractivity contribution in [1.82, 2.24) is 4.98 Å². The van der Waals surface area contributed by atoms with Gasteiger partial charge in [0.15, 0.2) is 0 Å². The molecule has 0 amide bonds. The third kappa shape index (κ3) is 2.73. The van der Waals surface area contributed by atoms with Crippen molar-refractivity contribution in [3.63, 3.8) is 0 Å². The summed E-state index contributed by atoms with van der Waals surface area (Å²) in [6, 6.07) is 3.88. The van der Waals surface area contributed by atoms with Gasteiger partial charge in [-0.25, -0.2) is 0 Å². The predicted octanol–water partition coefficient (Wildman–Crippen LogP) is 1.47. The zero-order valence-electron chi connectivity index (χ0n) is 13.1. The largest absolute Gasteiger partial charge is 0.496 e. The van der Waals surface area contributed by atoms with Gasteiger partial charge in [-0.05, 0) is 33.8 Å². The third-order valence-electron chi connectivity index (χ3n) is 4.50. The van der Waals surface area contributed by atoms with Gasteiger partial charge < -0.3 is 18.8 Å². The van der Waals surface area contributed by atoms with Crippen LogP contribution in [-0.2, 0) is 18.8 Å². The van der Waals surface area contributed by atoms with Crippen molar-refractivity contribution in [3.8, 4) is 0 Å². The maximum atomic E-state index is 6.12. The highest BCUT2D eigenvalue weighted by Crippen LogP contribution is 2.37. The fourth-order valence-electron chi connectivity index (χ4n) is 2.51. The molecular formula is C15H22BNO4. The van der Waals surface area contributed by atoms with E-state index in [0.717, 1.165) is 11.2 Å². The van der Waals surface area contributed by atoms with Gasteiger partial charge >= 0.3 is 7.12 Å². The molecule has 3 rings (SSSR count). The molecule has 1 aromatic rings. The van der Waals surface area contributed by atoms with E-state index in [1.807, 2.05) is 39.8 Å². The Morgan fingerprint density at radius 3 is 2.48 bits per heavy atom. The van der Waals surface area contributed by atoms with E-state index in [4.69, 9.17) is 18.8 Å². The topological polar surface area (TPSA) is 49.8 Å². The molecule has 2 aliphatic heterocycles. The van der Waals surface area contributed by atoms with Crippen LogP contribution >= 0.6 is 0 Å². The van der Waals surface area contributed by atoms with Crippen molar-refractivity contribution < 1.29 is 18.8 Å². The van der Waals surface area contributed by atoms with Gasteiger partial charge in [0.2, 0.25) is 0 Å². The minimum Gasteiger partial charge on any atom is -0.399 e. The Bertz CT molecular complexity index is 498. The molecule has 0 aliphatic carbocycles. The van der Waals surface area contributed by atoms with E-state index in [1.165, 1.54) is 0 Å². The molecule has 2 saturated heterocycles. The van der Waals surface area contributed by atoms with E-state index in [-0.39, 0.29) is 17.3 Å². The molecular weight excluding hydrogens is 269 g/mol. The summed E-state index contributed by atoms with van der Waals surface area (Å²) in [7, 11) is -0.427. The molecule has 114 valence electrons. The highest BCUT2D eigenvalue weighted by atomic mass is 16.7. The van der Waals surface area contributed by atoms with E-state index in [2.05, 4.69) is 4.98 Å². The molecule has 1 unspecified atom stereocenters. The van der Waals surface area contributed by atoms with Gasteiger partial charge in [0.05, 0.1) is 36.7 Å². The van der Waals surface area contributed by atoms with E-state index >= 15 is 0 Å². The van der Waals surface area contributed by atoms with Gasteiger partial charge in [-0.15, -0.1) is 0 Å². The Morgan fingerprint density at radius 1 is 1.14 bits per heavy atom. The van der Waals surface area contributed by atoms with Crippen LogP contribution in [0.25, 0.3) is 0 Å². The van der Waals surface area contributed by atoms with Crippen LogP contribution < -0.4 is 5.46 Å². The first kappa shape index (κ1) is 15.0. The van der Waals surface area contributed by atoms with Crippen molar-refractivity contribution in [1.29, 1.82) is 0 Å². The summed E-state index contributed by atoms with van der Waals surface area (Å²) in [6.07, 6.45) is 1.61. The molecule has 0 aromatic carbocycles. The molecule has 21 heavy (non-hydrogen) atoms. The van der Waals surface area contributed by atoms with Gasteiger partial charge in [-0.1, -0.05) is 6.07 Å². The fraction of sp³-hybridized carbons (Fsp3) is 0.667. The second-order valence-electron chi connectivity index (χ2n) is 6.50. The molecule has 0 N–H and O–H groups in total. The van der Waals surface area contributed by atoms with E-state index in [0.29, 0.717) is 19.8 Å². The summed E-state index contributed by atoms with van der Waals surface area (Å²) in [5.41, 5.74) is 1.03. The van der Waals surface area contributed by atoms with Crippen LogP contribution in [0.4, 0.5) is 0 Å². The zero-order valence-corrected chi connectivity index (χ0v) is 13.1. The number of hydrogen-bond donors (Lipinski definition) is 0. The van der Waals surface area contributed by atoms with Crippen LogP contribution in [0.15, 0.2) is 18.3 Å². The molecule has 1 aromatic heterocycles. The average molecular weight is 291 g/mol. The van der Waals surface area contributed by atoms with E-state index < -0.39 is 7.12 Å². The van der Waals surface area contributed by atoms with Gasteiger partial charge in [0.25, 0.3) is 0 Å². The maximum Gasteiger partial charge on any atom is 0.496 e. The normalized spacial score (nSPS) is 27.8. The third-order valence-corrected chi connectivity index (χ3v) is 4.50. The monoisotopic (exact) mass is 291 g/mol. The summed E-state index contributed by atoms with van der Waals surface area (Å²) in [4.78, 5) is 4.48. The number of pyridine rings is 1. The quantitative estimate of drug-likeness (QED) is 0.772. The molecule has 1 atom stereocenters. The highest BCUT2D eigenvalue weighted by Gasteiger charge is 2.52. The SMILES string of the molecule is CC1(C)OB(c2cccnc2C2COCCO2)OC1(C)C. The molecule has 6 heteroatoms. The Balaban J connectivity index is 1.89. The predicted molar refractivity (Wildman–Crippen MR) is 79.5 cm³/mol. The van der Waals surface area contributed by atoms with Crippen molar-refractivity contribution in [2.24, 2.45) is 0 Å². The second-order valence-corrected chi connectivity index (χ2v) is 6.50. The molecule has 5 nitrogen and oxygen atoms in total. The number of hydrogen-bond acceptors (Lipinski definition) is 5.